The summed E-state index contributed by atoms with van der Waals surface area (Å²) in [5, 5.41) is 3.22. The number of fused-ring (bicyclic) bond motifs is 2. The molecule has 0 aliphatic heterocycles. The number of hydrogen-bond donors (Lipinski definition) is 0. The largest absolute Gasteiger partial charge is 0.481 e. The van der Waals surface area contributed by atoms with Gasteiger partial charge in [-0.25, -0.2) is 9.59 Å². The fourth-order valence-electron chi connectivity index (χ4n) is 3.62. The molecule has 6 nitrogen and oxygen atoms in total. The van der Waals surface area contributed by atoms with E-state index in [9.17, 15) is 9.59 Å². The van der Waals surface area contributed by atoms with Gasteiger partial charge in [0, 0.05) is 21.5 Å². The number of ether oxygens (including phenoxy) is 4. The maximum Gasteiger partial charge on any atom is 0.344 e. The van der Waals surface area contributed by atoms with E-state index in [0.29, 0.717) is 11.5 Å². The highest BCUT2D eigenvalue weighted by molar-refractivity contribution is 6.12. The fraction of sp³-hybridized carbons (Fsp3) is 0.385. The second kappa shape index (κ2) is 9.90. The first-order valence-electron chi connectivity index (χ1n) is 10.8. The van der Waals surface area contributed by atoms with Crippen LogP contribution in [-0.2, 0) is 19.1 Å². The van der Waals surface area contributed by atoms with Crippen LogP contribution in [0.1, 0.15) is 38.8 Å². The molecule has 0 fully saturated rings. The highest BCUT2D eigenvalue weighted by Crippen LogP contribution is 2.44. The molecule has 0 aliphatic carbocycles. The standard InChI is InChI=1S/C26H30O6/c1-15(2)31-22(27)13-29-25-19-9-7-8-10-20(19)26(30-14-23(28)32-16(3)4)24-18(6)17(5)11-12-21(24)25/h7-12,15-16H,13-14H2,1-6H3. The Morgan fingerprint density at radius 3 is 1.75 bits per heavy atom. The number of benzene rings is 3. The average molecular weight is 439 g/mol. The lowest BCUT2D eigenvalue weighted by Gasteiger charge is -2.20. The SMILES string of the molecule is Cc1ccc2c(OCC(=O)OC(C)C)c3ccccc3c(OCC(=O)OC(C)C)c2c1C. The molecule has 3 aromatic rings. The van der Waals surface area contributed by atoms with E-state index in [1.165, 1.54) is 0 Å². The number of rotatable bonds is 8. The smallest absolute Gasteiger partial charge is 0.344 e. The minimum absolute atomic E-state index is 0.203. The molecule has 0 saturated carbocycles. The summed E-state index contributed by atoms with van der Waals surface area (Å²) in [6, 6.07) is 11.6. The van der Waals surface area contributed by atoms with Gasteiger partial charge in [0.05, 0.1) is 12.2 Å². The van der Waals surface area contributed by atoms with Gasteiger partial charge in [-0.15, -0.1) is 0 Å². The molecule has 0 spiro atoms. The van der Waals surface area contributed by atoms with Crippen molar-refractivity contribution in [3.63, 3.8) is 0 Å². The average Bonchev–Trinajstić information content (AvgIpc) is 2.72. The molecule has 0 radical (unpaired) electrons. The Morgan fingerprint density at radius 2 is 1.22 bits per heavy atom. The third-order valence-electron chi connectivity index (χ3n) is 5.03. The van der Waals surface area contributed by atoms with Crippen LogP contribution in [0.3, 0.4) is 0 Å². The molecule has 3 rings (SSSR count). The van der Waals surface area contributed by atoms with Gasteiger partial charge in [0.2, 0.25) is 0 Å². The Hall–Kier alpha value is -3.28. The Bertz CT molecular complexity index is 1150. The van der Waals surface area contributed by atoms with Gasteiger partial charge in [-0.2, -0.15) is 0 Å². The van der Waals surface area contributed by atoms with Crippen LogP contribution in [0.25, 0.3) is 21.5 Å². The number of carbonyl (C=O) groups is 2. The van der Waals surface area contributed by atoms with Crippen molar-refractivity contribution in [1.29, 1.82) is 0 Å². The lowest BCUT2D eigenvalue weighted by molar-refractivity contribution is -0.150. The number of aryl methyl sites for hydroxylation is 2. The van der Waals surface area contributed by atoms with Crippen molar-refractivity contribution in [2.45, 2.75) is 53.8 Å². The Balaban J connectivity index is 2.13. The van der Waals surface area contributed by atoms with Crippen LogP contribution in [0, 0.1) is 13.8 Å². The van der Waals surface area contributed by atoms with Crippen molar-refractivity contribution in [1.82, 2.24) is 0 Å². The Morgan fingerprint density at radius 1 is 0.719 bits per heavy atom. The van der Waals surface area contributed by atoms with Gasteiger partial charge < -0.3 is 18.9 Å². The van der Waals surface area contributed by atoms with Gasteiger partial charge in [0.25, 0.3) is 0 Å². The summed E-state index contributed by atoms with van der Waals surface area (Å²) < 4.78 is 22.5. The molecular formula is C26H30O6. The molecule has 170 valence electrons. The van der Waals surface area contributed by atoms with Crippen molar-refractivity contribution in [3.8, 4) is 11.5 Å². The normalized spacial score (nSPS) is 11.2. The second-order valence-electron chi connectivity index (χ2n) is 8.29. The van der Waals surface area contributed by atoms with Crippen molar-refractivity contribution < 1.29 is 28.5 Å². The minimum Gasteiger partial charge on any atom is -0.481 e. The van der Waals surface area contributed by atoms with E-state index in [-0.39, 0.29) is 25.4 Å². The summed E-state index contributed by atoms with van der Waals surface area (Å²) >= 11 is 0. The van der Waals surface area contributed by atoms with E-state index in [0.717, 1.165) is 32.7 Å². The van der Waals surface area contributed by atoms with Gasteiger partial charge in [0.1, 0.15) is 11.5 Å². The topological polar surface area (TPSA) is 71.1 Å². The number of carbonyl (C=O) groups excluding carboxylic acids is 2. The highest BCUT2D eigenvalue weighted by Gasteiger charge is 2.20. The molecule has 0 bridgehead atoms. The zero-order valence-electron chi connectivity index (χ0n) is 19.5. The van der Waals surface area contributed by atoms with Crippen LogP contribution >= 0.6 is 0 Å². The summed E-state index contributed by atoms with van der Waals surface area (Å²) in [6.45, 7) is 10.8. The maximum absolute atomic E-state index is 12.2. The van der Waals surface area contributed by atoms with E-state index in [4.69, 9.17) is 18.9 Å². The summed E-state index contributed by atoms with van der Waals surface area (Å²) in [4.78, 5) is 24.3. The molecule has 0 heterocycles. The first kappa shape index (κ1) is 23.4. The zero-order chi connectivity index (χ0) is 23.4. The molecule has 0 aliphatic rings. The molecule has 0 N–H and O–H groups in total. The van der Waals surface area contributed by atoms with Gasteiger partial charge in [0.15, 0.2) is 13.2 Å². The molecule has 0 unspecified atom stereocenters. The second-order valence-corrected chi connectivity index (χ2v) is 8.29. The molecule has 3 aromatic carbocycles. The van der Waals surface area contributed by atoms with Gasteiger partial charge >= 0.3 is 11.9 Å². The quantitative estimate of drug-likeness (QED) is 0.352. The molecule has 0 aromatic heterocycles. The van der Waals surface area contributed by atoms with Crippen LogP contribution in [0.4, 0.5) is 0 Å². The van der Waals surface area contributed by atoms with Crippen LogP contribution in [0.5, 0.6) is 11.5 Å². The molecule has 6 heteroatoms. The highest BCUT2D eigenvalue weighted by atomic mass is 16.6. The molecular weight excluding hydrogens is 408 g/mol. The first-order valence-corrected chi connectivity index (χ1v) is 10.8. The molecule has 32 heavy (non-hydrogen) atoms. The van der Waals surface area contributed by atoms with E-state index >= 15 is 0 Å². The Kier molecular flexibility index (Phi) is 7.23. The predicted molar refractivity (Wildman–Crippen MR) is 124 cm³/mol. The van der Waals surface area contributed by atoms with Crippen molar-refractivity contribution in [2.24, 2.45) is 0 Å². The lowest BCUT2D eigenvalue weighted by Crippen LogP contribution is -2.19. The summed E-state index contributed by atoms with van der Waals surface area (Å²) in [5.74, 6) is 0.309. The van der Waals surface area contributed by atoms with Crippen molar-refractivity contribution >= 4 is 33.5 Å². The number of esters is 2. The van der Waals surface area contributed by atoms with E-state index in [2.05, 4.69) is 0 Å². The van der Waals surface area contributed by atoms with E-state index < -0.39 is 11.9 Å². The number of hydrogen-bond acceptors (Lipinski definition) is 6. The van der Waals surface area contributed by atoms with Crippen molar-refractivity contribution in [2.75, 3.05) is 13.2 Å². The summed E-state index contributed by atoms with van der Waals surface area (Å²) in [6.07, 6.45) is -0.434. The zero-order valence-corrected chi connectivity index (χ0v) is 19.5. The molecule has 0 atom stereocenters. The third-order valence-corrected chi connectivity index (χ3v) is 5.03. The van der Waals surface area contributed by atoms with Gasteiger partial charge in [-0.05, 0) is 52.7 Å². The maximum atomic E-state index is 12.2. The minimum atomic E-state index is -0.433. The van der Waals surface area contributed by atoms with Crippen LogP contribution < -0.4 is 9.47 Å². The fourth-order valence-corrected chi connectivity index (χ4v) is 3.62. The van der Waals surface area contributed by atoms with Crippen LogP contribution in [-0.4, -0.2) is 37.4 Å². The summed E-state index contributed by atoms with van der Waals surface area (Å²) in [5.41, 5.74) is 2.09. The first-order chi connectivity index (χ1) is 15.2. The monoisotopic (exact) mass is 438 g/mol. The third kappa shape index (κ3) is 5.13. The van der Waals surface area contributed by atoms with E-state index in [1.807, 2.05) is 50.2 Å². The van der Waals surface area contributed by atoms with Crippen molar-refractivity contribution in [3.05, 3.63) is 47.5 Å². The Labute approximate surface area is 188 Å². The van der Waals surface area contributed by atoms with Crippen LogP contribution in [0.15, 0.2) is 36.4 Å². The lowest BCUT2D eigenvalue weighted by atomic mass is 9.95. The van der Waals surface area contributed by atoms with Gasteiger partial charge in [-0.1, -0.05) is 36.4 Å². The van der Waals surface area contributed by atoms with Gasteiger partial charge in [-0.3, -0.25) is 0 Å². The predicted octanol–water partition coefficient (Wildman–Crippen LogP) is 5.27. The van der Waals surface area contributed by atoms with E-state index in [1.54, 1.807) is 27.7 Å². The molecule has 0 amide bonds. The van der Waals surface area contributed by atoms with Crippen LogP contribution in [0.2, 0.25) is 0 Å². The molecule has 0 saturated heterocycles. The summed E-state index contributed by atoms with van der Waals surface area (Å²) in [7, 11) is 0.